The van der Waals surface area contributed by atoms with Crippen molar-refractivity contribution in [1.29, 1.82) is 0 Å². The largest absolute Gasteiger partial charge is 0.507 e. The Morgan fingerprint density at radius 2 is 1.70 bits per heavy atom. The van der Waals surface area contributed by atoms with E-state index in [0.29, 0.717) is 22.6 Å². The fourth-order valence-corrected chi connectivity index (χ4v) is 4.44. The number of hydrogen-bond acceptors (Lipinski definition) is 6. The Kier molecular flexibility index (Phi) is 7.43. The second kappa shape index (κ2) is 10.7. The van der Waals surface area contributed by atoms with Gasteiger partial charge >= 0.3 is 5.97 Å². The molecule has 0 bridgehead atoms. The first-order valence-corrected chi connectivity index (χ1v) is 12.0. The van der Waals surface area contributed by atoms with Gasteiger partial charge in [-0.1, -0.05) is 48.5 Å². The average molecular weight is 500 g/mol. The Morgan fingerprint density at radius 3 is 2.35 bits per heavy atom. The van der Waals surface area contributed by atoms with E-state index in [4.69, 9.17) is 9.47 Å². The third kappa shape index (κ3) is 5.26. The average Bonchev–Trinajstić information content (AvgIpc) is 3.14. The molecule has 1 heterocycles. The molecule has 0 saturated carbocycles. The molecule has 1 unspecified atom stereocenters. The molecule has 1 fully saturated rings. The summed E-state index contributed by atoms with van der Waals surface area (Å²) < 4.78 is 10.5. The second-order valence-corrected chi connectivity index (χ2v) is 9.14. The van der Waals surface area contributed by atoms with Gasteiger partial charge in [0.2, 0.25) is 0 Å². The molecule has 37 heavy (non-hydrogen) atoms. The van der Waals surface area contributed by atoms with E-state index in [2.05, 4.69) is 0 Å². The molecule has 7 nitrogen and oxygen atoms in total. The van der Waals surface area contributed by atoms with Crippen LogP contribution in [0.1, 0.15) is 42.1 Å². The molecule has 1 N–H and O–H groups in total. The Bertz CT molecular complexity index is 1370. The van der Waals surface area contributed by atoms with Crippen molar-refractivity contribution in [3.63, 3.8) is 0 Å². The molecule has 0 radical (unpaired) electrons. The highest BCUT2D eigenvalue weighted by Crippen LogP contribution is 2.43. The number of anilines is 1. The van der Waals surface area contributed by atoms with Crippen LogP contribution in [0.4, 0.5) is 5.69 Å². The molecular weight excluding hydrogens is 470 g/mol. The van der Waals surface area contributed by atoms with Crippen molar-refractivity contribution < 1.29 is 29.0 Å². The van der Waals surface area contributed by atoms with Crippen LogP contribution in [0.25, 0.3) is 5.76 Å². The van der Waals surface area contributed by atoms with Crippen LogP contribution in [0.5, 0.6) is 5.75 Å². The van der Waals surface area contributed by atoms with Gasteiger partial charge in [-0.2, -0.15) is 0 Å². The fraction of sp³-hybridized carbons (Fsp3) is 0.233. The Hall–Kier alpha value is -4.39. The van der Waals surface area contributed by atoms with Crippen LogP contribution in [0, 0.1) is 6.92 Å². The normalized spacial score (nSPS) is 16.8. The summed E-state index contributed by atoms with van der Waals surface area (Å²) in [6, 6.07) is 20.2. The van der Waals surface area contributed by atoms with Gasteiger partial charge in [-0.05, 0) is 61.7 Å². The summed E-state index contributed by atoms with van der Waals surface area (Å²) in [5.74, 6) is -1.63. The lowest BCUT2D eigenvalue weighted by atomic mass is 9.92. The molecule has 3 aromatic rings. The summed E-state index contributed by atoms with van der Waals surface area (Å²) in [5.41, 5.74) is 3.14. The number of ether oxygens (including phenoxy) is 2. The summed E-state index contributed by atoms with van der Waals surface area (Å²) in [6.45, 7) is 5.69. The number of aryl methyl sites for hydroxylation is 1. The second-order valence-electron chi connectivity index (χ2n) is 9.14. The monoisotopic (exact) mass is 499 g/mol. The van der Waals surface area contributed by atoms with Gasteiger partial charge in [-0.15, -0.1) is 0 Å². The van der Waals surface area contributed by atoms with Gasteiger partial charge in [-0.25, -0.2) is 0 Å². The van der Waals surface area contributed by atoms with Crippen LogP contribution in [0.3, 0.4) is 0 Å². The minimum absolute atomic E-state index is 0.000339. The zero-order chi connectivity index (χ0) is 26.7. The van der Waals surface area contributed by atoms with E-state index >= 15 is 0 Å². The number of aliphatic hydroxyl groups excluding tert-OH is 1. The van der Waals surface area contributed by atoms with Crippen LogP contribution in [0.2, 0.25) is 0 Å². The zero-order valence-corrected chi connectivity index (χ0v) is 21.2. The molecule has 0 spiro atoms. The number of Topliss-reactive ketones (excluding diaryl/α,β-unsaturated/α-hetero) is 1. The molecule has 190 valence electrons. The molecular formula is C30H29NO6. The first-order chi connectivity index (χ1) is 17.7. The number of hydrogen-bond donors (Lipinski definition) is 1. The highest BCUT2D eigenvalue weighted by atomic mass is 16.5. The zero-order valence-electron chi connectivity index (χ0n) is 21.2. The van der Waals surface area contributed by atoms with E-state index < -0.39 is 17.7 Å². The number of aliphatic hydroxyl groups is 1. The van der Waals surface area contributed by atoms with Gasteiger partial charge in [-0.3, -0.25) is 19.3 Å². The first kappa shape index (κ1) is 25.7. The quantitative estimate of drug-likeness (QED) is 0.210. The van der Waals surface area contributed by atoms with E-state index in [1.165, 1.54) is 12.0 Å². The maximum Gasteiger partial charge on any atom is 0.309 e. The van der Waals surface area contributed by atoms with Gasteiger partial charge < -0.3 is 14.6 Å². The Morgan fingerprint density at radius 1 is 1.00 bits per heavy atom. The van der Waals surface area contributed by atoms with E-state index in [1.807, 2.05) is 45.0 Å². The van der Waals surface area contributed by atoms with Gasteiger partial charge in [0.25, 0.3) is 11.7 Å². The van der Waals surface area contributed by atoms with Crippen molar-refractivity contribution in [1.82, 2.24) is 0 Å². The number of methoxy groups -OCH3 is 1. The molecule has 1 aliphatic rings. The number of ketones is 1. The third-order valence-electron chi connectivity index (χ3n) is 6.20. The van der Waals surface area contributed by atoms with Crippen LogP contribution in [-0.2, 0) is 25.5 Å². The molecule has 4 rings (SSSR count). The van der Waals surface area contributed by atoms with Crippen LogP contribution < -0.4 is 9.64 Å². The number of benzene rings is 3. The van der Waals surface area contributed by atoms with Gasteiger partial charge in [0.05, 0.1) is 31.2 Å². The minimum Gasteiger partial charge on any atom is -0.507 e. The molecule has 1 aliphatic heterocycles. The number of nitrogens with zero attached hydrogens (tertiary/aromatic N) is 1. The van der Waals surface area contributed by atoms with E-state index in [0.717, 1.165) is 11.1 Å². The first-order valence-electron chi connectivity index (χ1n) is 12.0. The number of esters is 1. The SMILES string of the molecule is COC(=O)Cc1ccc(N2C(=O)C(=O)/C(=C(/O)c3cccc(OC(C)C)c3)C2c2ccccc2C)cc1. The van der Waals surface area contributed by atoms with Gasteiger partial charge in [0.15, 0.2) is 0 Å². The summed E-state index contributed by atoms with van der Waals surface area (Å²) in [7, 11) is 1.32. The number of rotatable bonds is 7. The lowest BCUT2D eigenvalue weighted by Crippen LogP contribution is -2.29. The molecule has 0 aliphatic carbocycles. The van der Waals surface area contributed by atoms with Crippen LogP contribution in [0.15, 0.2) is 78.4 Å². The lowest BCUT2D eigenvalue weighted by Gasteiger charge is -2.27. The highest BCUT2D eigenvalue weighted by Gasteiger charge is 2.47. The number of carbonyl (C=O) groups excluding carboxylic acids is 3. The van der Waals surface area contributed by atoms with E-state index in [9.17, 15) is 19.5 Å². The summed E-state index contributed by atoms with van der Waals surface area (Å²) in [5, 5.41) is 11.4. The summed E-state index contributed by atoms with van der Waals surface area (Å²) in [4.78, 5) is 39.9. The summed E-state index contributed by atoms with van der Waals surface area (Å²) in [6.07, 6.45) is 0.0168. The van der Waals surface area contributed by atoms with Gasteiger partial charge in [0, 0.05) is 11.3 Å². The predicted octanol–water partition coefficient (Wildman–Crippen LogP) is 5.12. The Labute approximate surface area is 215 Å². The van der Waals surface area contributed by atoms with Crippen LogP contribution >= 0.6 is 0 Å². The molecule has 1 amide bonds. The number of carbonyl (C=O) groups is 3. The Balaban J connectivity index is 1.85. The molecule has 0 aromatic heterocycles. The smallest absolute Gasteiger partial charge is 0.309 e. The van der Waals surface area contributed by atoms with Crippen LogP contribution in [-0.4, -0.2) is 36.0 Å². The molecule has 1 atom stereocenters. The van der Waals surface area contributed by atoms with Crippen molar-refractivity contribution in [2.45, 2.75) is 39.3 Å². The minimum atomic E-state index is -0.845. The van der Waals surface area contributed by atoms with Crippen molar-refractivity contribution in [2.75, 3.05) is 12.0 Å². The fourth-order valence-electron chi connectivity index (χ4n) is 4.44. The third-order valence-corrected chi connectivity index (χ3v) is 6.20. The van der Waals surface area contributed by atoms with Gasteiger partial charge in [0.1, 0.15) is 11.5 Å². The maximum absolute atomic E-state index is 13.4. The molecule has 7 heteroatoms. The lowest BCUT2D eigenvalue weighted by molar-refractivity contribution is -0.139. The molecule has 3 aromatic carbocycles. The standard InChI is InChI=1S/C30H29NO6/c1-18(2)37-23-10-7-9-21(17-23)28(33)26-27(24-11-6-5-8-19(24)3)31(30(35)29(26)34)22-14-12-20(13-15-22)16-25(32)36-4/h5-15,17-18,27,33H,16H2,1-4H3/b28-26+. The maximum atomic E-state index is 13.4. The van der Waals surface area contributed by atoms with Crippen molar-refractivity contribution in [2.24, 2.45) is 0 Å². The number of amides is 1. The summed E-state index contributed by atoms with van der Waals surface area (Å²) >= 11 is 0. The van der Waals surface area contributed by atoms with Crippen molar-refractivity contribution in [3.05, 3.63) is 101 Å². The predicted molar refractivity (Wildman–Crippen MR) is 140 cm³/mol. The molecule has 1 saturated heterocycles. The van der Waals surface area contributed by atoms with E-state index in [-0.39, 0.29) is 29.8 Å². The highest BCUT2D eigenvalue weighted by molar-refractivity contribution is 6.51. The van der Waals surface area contributed by atoms with Crippen molar-refractivity contribution in [3.8, 4) is 5.75 Å². The topological polar surface area (TPSA) is 93.1 Å². The van der Waals surface area contributed by atoms with E-state index in [1.54, 1.807) is 48.5 Å². The van der Waals surface area contributed by atoms with Crippen molar-refractivity contribution >= 4 is 29.1 Å².